The Bertz CT molecular complexity index is 2560. The van der Waals surface area contributed by atoms with Crippen LogP contribution in [0, 0.1) is 23.2 Å². The average Bonchev–Trinajstić information content (AvgIpc) is 3.64. The van der Waals surface area contributed by atoms with E-state index in [0.29, 0.717) is 27.8 Å². The predicted octanol–water partition coefficient (Wildman–Crippen LogP) is 7.13. The van der Waals surface area contributed by atoms with E-state index in [1.807, 2.05) is 24.3 Å². The van der Waals surface area contributed by atoms with Gasteiger partial charge < -0.3 is 9.80 Å². The number of fused-ring (bicyclic) bond motifs is 7. The third-order valence-corrected chi connectivity index (χ3v) is 16.6. The molecule has 5 aliphatic heterocycles. The van der Waals surface area contributed by atoms with Crippen LogP contribution in [0.5, 0.6) is 0 Å². The minimum Gasteiger partial charge on any atom is -0.371 e. The molecule has 310 valence electrons. The van der Waals surface area contributed by atoms with E-state index in [2.05, 4.69) is 60.4 Å². The molecule has 0 bridgehead atoms. The molecule has 3 aliphatic carbocycles. The minimum absolute atomic E-state index is 0.108. The van der Waals surface area contributed by atoms with Crippen molar-refractivity contribution in [3.63, 3.8) is 0 Å². The maximum atomic E-state index is 13.5. The molecular formula is C48H51BrN6O5. The number of piperidine rings is 3. The predicted molar refractivity (Wildman–Crippen MR) is 231 cm³/mol. The lowest BCUT2D eigenvalue weighted by molar-refractivity contribution is -0.136. The van der Waals surface area contributed by atoms with Crippen LogP contribution in [0.2, 0.25) is 0 Å². The van der Waals surface area contributed by atoms with Crippen molar-refractivity contribution >= 4 is 61.8 Å². The van der Waals surface area contributed by atoms with Gasteiger partial charge in [0, 0.05) is 47.8 Å². The number of hydrogen-bond acceptors (Lipinski definition) is 8. The topological polar surface area (TPSA) is 125 Å². The molecule has 12 heteroatoms. The van der Waals surface area contributed by atoms with Crippen molar-refractivity contribution in [2.24, 2.45) is 23.2 Å². The summed E-state index contributed by atoms with van der Waals surface area (Å²) in [6.45, 7) is 7.58. The summed E-state index contributed by atoms with van der Waals surface area (Å²) in [6, 6.07) is 10.6. The highest BCUT2D eigenvalue weighted by atomic mass is 79.9. The van der Waals surface area contributed by atoms with Crippen molar-refractivity contribution < 1.29 is 19.2 Å². The molecule has 6 heterocycles. The molecule has 3 aromatic rings. The molecule has 2 atom stereocenters. The quantitative estimate of drug-likeness (QED) is 0.212. The lowest BCUT2D eigenvalue weighted by atomic mass is 9.57. The van der Waals surface area contributed by atoms with E-state index < -0.39 is 23.8 Å². The number of likely N-dealkylation sites (tertiary alicyclic amines) is 1. The number of benzene rings is 2. The highest BCUT2D eigenvalue weighted by molar-refractivity contribution is 9.10. The number of anilines is 1. The molecule has 2 spiro atoms. The second-order valence-electron chi connectivity index (χ2n) is 19.1. The Kier molecular flexibility index (Phi) is 9.07. The summed E-state index contributed by atoms with van der Waals surface area (Å²) in [5.74, 6) is 0.486. The van der Waals surface area contributed by atoms with Crippen LogP contribution in [0.25, 0.3) is 16.6 Å². The van der Waals surface area contributed by atoms with Crippen molar-refractivity contribution in [2.45, 2.75) is 102 Å². The zero-order valence-corrected chi connectivity index (χ0v) is 35.8. The lowest BCUT2D eigenvalue weighted by Gasteiger charge is -2.54. The number of rotatable bonds is 5. The summed E-state index contributed by atoms with van der Waals surface area (Å²) in [5.41, 5.74) is 10.6. The minimum atomic E-state index is -0.954. The van der Waals surface area contributed by atoms with E-state index in [9.17, 15) is 24.0 Å². The first-order valence-electron chi connectivity index (χ1n) is 22.3. The first kappa shape index (κ1) is 38.3. The van der Waals surface area contributed by atoms with Crippen LogP contribution in [0.1, 0.15) is 117 Å². The van der Waals surface area contributed by atoms with E-state index in [0.717, 1.165) is 110 Å². The molecule has 11 nitrogen and oxygen atoms in total. The van der Waals surface area contributed by atoms with Gasteiger partial charge in [-0.3, -0.25) is 38.8 Å². The van der Waals surface area contributed by atoms with Gasteiger partial charge in [0.2, 0.25) is 11.8 Å². The Hall–Kier alpha value is -4.64. The molecule has 2 unspecified atom stereocenters. The van der Waals surface area contributed by atoms with Crippen LogP contribution in [-0.2, 0) is 15.0 Å². The molecule has 60 heavy (non-hydrogen) atoms. The average molecular weight is 872 g/mol. The van der Waals surface area contributed by atoms with Crippen LogP contribution in [-0.4, -0.2) is 81.7 Å². The SMILES string of the molecule is CC1C(C2CCN(CC3CC4(CCN(c5ccc6c(c5)C(=O)N(C5CCC(=O)NC5=O)C6=O)CC4)C3)CC2)=C=CC2=C1n1c(nc(=O)c3c(Br)cccc31)C21CCCCC1. The van der Waals surface area contributed by atoms with Gasteiger partial charge in [-0.25, -0.2) is 0 Å². The summed E-state index contributed by atoms with van der Waals surface area (Å²) in [7, 11) is 0. The first-order valence-corrected chi connectivity index (χ1v) is 23.1. The van der Waals surface area contributed by atoms with Gasteiger partial charge in [-0.15, -0.1) is 5.73 Å². The summed E-state index contributed by atoms with van der Waals surface area (Å²) in [5, 5.41) is 2.94. The number of carbonyl (C=O) groups is 4. The largest absolute Gasteiger partial charge is 0.371 e. The molecular weight excluding hydrogens is 820 g/mol. The molecule has 0 radical (unpaired) electrons. The van der Waals surface area contributed by atoms with Crippen molar-refractivity contribution in [1.29, 1.82) is 0 Å². The number of nitrogens with one attached hydrogen (secondary N) is 1. The van der Waals surface area contributed by atoms with E-state index in [1.165, 1.54) is 42.7 Å². The van der Waals surface area contributed by atoms with Crippen LogP contribution >= 0.6 is 15.9 Å². The van der Waals surface area contributed by atoms with Gasteiger partial charge in [0.15, 0.2) is 0 Å². The van der Waals surface area contributed by atoms with E-state index >= 15 is 0 Å². The van der Waals surface area contributed by atoms with Crippen LogP contribution in [0.3, 0.4) is 0 Å². The van der Waals surface area contributed by atoms with E-state index in [1.54, 1.807) is 6.07 Å². The van der Waals surface area contributed by atoms with Gasteiger partial charge >= 0.3 is 0 Å². The molecule has 5 fully saturated rings. The highest BCUT2D eigenvalue weighted by Crippen LogP contribution is 2.56. The van der Waals surface area contributed by atoms with Gasteiger partial charge in [0.1, 0.15) is 11.9 Å². The third kappa shape index (κ3) is 5.83. The summed E-state index contributed by atoms with van der Waals surface area (Å²) < 4.78 is 3.19. The van der Waals surface area contributed by atoms with Gasteiger partial charge in [-0.05, 0) is 152 Å². The number of carbonyl (C=O) groups excluding carboxylic acids is 4. The van der Waals surface area contributed by atoms with Gasteiger partial charge in [-0.1, -0.05) is 32.3 Å². The number of hydrogen-bond donors (Lipinski definition) is 1. The fourth-order valence-electron chi connectivity index (χ4n) is 12.9. The maximum absolute atomic E-state index is 13.5. The number of halogens is 1. The van der Waals surface area contributed by atoms with Crippen molar-refractivity contribution in [1.82, 2.24) is 24.7 Å². The normalized spacial score (nSPS) is 26.5. The second-order valence-corrected chi connectivity index (χ2v) is 20.0. The van der Waals surface area contributed by atoms with Crippen LogP contribution < -0.4 is 15.8 Å². The van der Waals surface area contributed by atoms with Crippen LogP contribution in [0.15, 0.2) is 68.6 Å². The Labute approximate surface area is 358 Å². The Morgan fingerprint density at radius 2 is 1.63 bits per heavy atom. The molecule has 8 aliphatic rings. The first-order chi connectivity index (χ1) is 29.0. The zero-order valence-electron chi connectivity index (χ0n) is 34.2. The number of amides is 4. The van der Waals surface area contributed by atoms with Gasteiger partial charge in [-0.2, -0.15) is 4.98 Å². The Morgan fingerprint density at radius 1 is 0.883 bits per heavy atom. The fourth-order valence-corrected chi connectivity index (χ4v) is 13.4. The van der Waals surface area contributed by atoms with Crippen molar-refractivity contribution in [3.8, 4) is 0 Å². The number of aromatic nitrogens is 2. The second kappa shape index (κ2) is 14.2. The number of allylic oxidation sites excluding steroid dienone is 3. The van der Waals surface area contributed by atoms with E-state index in [-0.39, 0.29) is 35.6 Å². The molecule has 2 saturated carbocycles. The van der Waals surface area contributed by atoms with E-state index in [4.69, 9.17) is 4.98 Å². The van der Waals surface area contributed by atoms with Gasteiger partial charge in [0.05, 0.1) is 27.4 Å². The molecule has 1 aromatic heterocycles. The van der Waals surface area contributed by atoms with Gasteiger partial charge in [0.25, 0.3) is 17.4 Å². The standard InChI is InChI=1S/C48H51BrN6O5/c1-28-32(10-11-35-41(28)54-37-7-5-6-36(49)40(37)43(58)51-46(54)48(35)16-3-2-4-17-48)30-14-20-52(21-15-30)27-29-25-47(26-29)18-22-53(23-19-47)31-8-9-33-34(24-31)45(60)55(44(33)59)38-12-13-39(56)50-42(38)57/h5-9,11,24,28-30,38H,2-4,12-23,25-27H2,1H3,(H,50,56,57). The highest BCUT2D eigenvalue weighted by Gasteiger charge is 2.51. The maximum Gasteiger partial charge on any atom is 0.281 e. The molecule has 3 saturated heterocycles. The zero-order chi connectivity index (χ0) is 41.1. The molecule has 1 N–H and O–H groups in total. The number of nitrogens with zero attached hydrogens (tertiary/aromatic N) is 5. The fraction of sp³-hybridized carbons (Fsp3) is 0.521. The molecule has 2 aromatic carbocycles. The van der Waals surface area contributed by atoms with Crippen LogP contribution in [0.4, 0.5) is 5.69 Å². The Balaban J connectivity index is 0.710. The van der Waals surface area contributed by atoms with Crippen molar-refractivity contribution in [3.05, 3.63) is 91.1 Å². The van der Waals surface area contributed by atoms with Crippen molar-refractivity contribution in [2.75, 3.05) is 37.6 Å². The monoisotopic (exact) mass is 870 g/mol. The summed E-state index contributed by atoms with van der Waals surface area (Å²) in [4.78, 5) is 75.3. The third-order valence-electron chi connectivity index (χ3n) is 15.9. The number of imide groups is 2. The molecule has 4 amide bonds. The lowest BCUT2D eigenvalue weighted by Crippen LogP contribution is -2.54. The smallest absolute Gasteiger partial charge is 0.281 e. The molecule has 11 rings (SSSR count). The Morgan fingerprint density at radius 3 is 2.38 bits per heavy atom. The summed E-state index contributed by atoms with van der Waals surface area (Å²) >= 11 is 3.67. The summed E-state index contributed by atoms with van der Waals surface area (Å²) in [6.07, 6.45) is 15.2.